The van der Waals surface area contributed by atoms with Crippen molar-refractivity contribution in [3.8, 4) is 28.1 Å². The minimum Gasteiger partial charge on any atom is -0.268 e. The van der Waals surface area contributed by atoms with Crippen LogP contribution in [-0.4, -0.2) is 9.55 Å². The highest BCUT2D eigenvalue weighted by atomic mass is 16.1. The van der Waals surface area contributed by atoms with Gasteiger partial charge in [-0.15, -0.1) is 0 Å². The fourth-order valence-corrected chi connectivity index (χ4v) is 4.00. The fourth-order valence-electron chi connectivity index (χ4n) is 4.00. The minimum absolute atomic E-state index is 0.0740. The predicted octanol–water partition coefficient (Wildman–Crippen LogP) is 6.03. The number of hydrogen-bond acceptors (Lipinski definition) is 2. The van der Waals surface area contributed by atoms with Crippen LogP contribution in [-0.2, 0) is 0 Å². The average Bonchev–Trinajstić information content (AvgIpc) is 2.80. The first-order valence-corrected chi connectivity index (χ1v) is 9.95. The van der Waals surface area contributed by atoms with Crippen molar-refractivity contribution < 1.29 is 0 Å². The molecule has 0 aliphatic heterocycles. The van der Waals surface area contributed by atoms with Crippen molar-refractivity contribution >= 4 is 10.9 Å². The maximum Gasteiger partial charge on any atom is 0.265 e. The first kappa shape index (κ1) is 18.1. The molecule has 0 saturated heterocycles. The second-order valence-corrected chi connectivity index (χ2v) is 7.33. The van der Waals surface area contributed by atoms with Crippen LogP contribution in [0.5, 0.6) is 0 Å². The number of aromatic nitrogens is 2. The number of nitrogens with zero attached hydrogens (tertiary/aromatic N) is 2. The molecule has 3 aromatic carbocycles. The molecule has 3 nitrogen and oxygen atoms in total. The van der Waals surface area contributed by atoms with E-state index >= 15 is 0 Å². The lowest BCUT2D eigenvalue weighted by Crippen LogP contribution is -2.22. The number of fused-ring (bicyclic) bond motifs is 1. The van der Waals surface area contributed by atoms with E-state index in [0.29, 0.717) is 11.4 Å². The third kappa shape index (κ3) is 3.01. The van der Waals surface area contributed by atoms with Gasteiger partial charge in [-0.3, -0.25) is 9.36 Å². The van der Waals surface area contributed by atoms with Crippen molar-refractivity contribution in [2.45, 2.75) is 6.92 Å². The monoisotopic (exact) mass is 388 g/mol. The van der Waals surface area contributed by atoms with Gasteiger partial charge in [0.25, 0.3) is 5.56 Å². The molecule has 0 fully saturated rings. The summed E-state index contributed by atoms with van der Waals surface area (Å²) in [6.07, 6.45) is 1.72. The molecule has 0 saturated carbocycles. The van der Waals surface area contributed by atoms with Gasteiger partial charge in [-0.2, -0.15) is 0 Å². The molecule has 30 heavy (non-hydrogen) atoms. The van der Waals surface area contributed by atoms with E-state index in [4.69, 9.17) is 0 Å². The quantitative estimate of drug-likeness (QED) is 0.378. The van der Waals surface area contributed by atoms with Gasteiger partial charge in [-0.1, -0.05) is 78.4 Å². The molecule has 0 radical (unpaired) electrons. The topological polar surface area (TPSA) is 34.9 Å². The van der Waals surface area contributed by atoms with Crippen LogP contribution in [0.1, 0.15) is 5.56 Å². The highest BCUT2D eigenvalue weighted by Crippen LogP contribution is 2.36. The summed E-state index contributed by atoms with van der Waals surface area (Å²) in [5.41, 5.74) is 5.48. The maximum atomic E-state index is 14.0. The number of hydrogen-bond donors (Lipinski definition) is 0. The molecule has 0 N–H and O–H groups in total. The molecule has 5 aromatic rings. The standard InChI is InChI=1S/C27H20N2O/c1-19-15-16-23-22(18-19)25(20-10-4-2-5-11-20)26(21-12-6-3-7-13-21)27(30)29(23)24-14-8-9-17-28-24/h2-18H,1H3. The first-order chi connectivity index (χ1) is 14.7. The second-order valence-electron chi connectivity index (χ2n) is 7.33. The molecule has 0 aliphatic carbocycles. The van der Waals surface area contributed by atoms with Crippen LogP contribution < -0.4 is 5.56 Å². The summed E-state index contributed by atoms with van der Waals surface area (Å²) < 4.78 is 1.73. The molecule has 2 aromatic heterocycles. The lowest BCUT2D eigenvalue weighted by molar-refractivity contribution is 0.987. The Hall–Kier alpha value is -3.98. The van der Waals surface area contributed by atoms with Gasteiger partial charge in [0.1, 0.15) is 5.82 Å². The number of aryl methyl sites for hydroxylation is 1. The normalized spacial score (nSPS) is 11.0. The Morgan fingerprint density at radius 3 is 1.97 bits per heavy atom. The molecule has 0 spiro atoms. The van der Waals surface area contributed by atoms with Gasteiger partial charge < -0.3 is 0 Å². The van der Waals surface area contributed by atoms with Crippen LogP contribution >= 0.6 is 0 Å². The van der Waals surface area contributed by atoms with Crippen LogP contribution in [0, 0.1) is 6.92 Å². The van der Waals surface area contributed by atoms with E-state index < -0.39 is 0 Å². The Kier molecular flexibility index (Phi) is 4.49. The molecule has 0 bridgehead atoms. The van der Waals surface area contributed by atoms with E-state index in [9.17, 15) is 4.79 Å². The Morgan fingerprint density at radius 1 is 0.700 bits per heavy atom. The number of benzene rings is 3. The van der Waals surface area contributed by atoms with Gasteiger partial charge in [0.2, 0.25) is 0 Å². The first-order valence-electron chi connectivity index (χ1n) is 9.95. The van der Waals surface area contributed by atoms with Crippen molar-refractivity contribution in [1.29, 1.82) is 0 Å². The Labute approximate surface area is 174 Å². The van der Waals surface area contributed by atoms with Crippen LogP contribution in [0.25, 0.3) is 39.0 Å². The van der Waals surface area contributed by atoms with Crippen LogP contribution in [0.4, 0.5) is 0 Å². The van der Waals surface area contributed by atoms with Crippen molar-refractivity contribution in [2.75, 3.05) is 0 Å². The van der Waals surface area contributed by atoms with Gasteiger partial charge in [0.15, 0.2) is 0 Å². The lowest BCUT2D eigenvalue weighted by Gasteiger charge is -2.18. The Balaban J connectivity index is 2.02. The van der Waals surface area contributed by atoms with E-state index in [1.54, 1.807) is 10.8 Å². The van der Waals surface area contributed by atoms with Crippen LogP contribution in [0.2, 0.25) is 0 Å². The molecule has 144 valence electrons. The van der Waals surface area contributed by atoms with Gasteiger partial charge in [0, 0.05) is 17.1 Å². The van der Waals surface area contributed by atoms with Gasteiger partial charge >= 0.3 is 0 Å². The van der Waals surface area contributed by atoms with E-state index in [-0.39, 0.29) is 5.56 Å². The number of pyridine rings is 2. The summed E-state index contributed by atoms with van der Waals surface area (Å²) >= 11 is 0. The molecule has 5 rings (SSSR count). The van der Waals surface area contributed by atoms with E-state index in [1.807, 2.05) is 78.9 Å². The maximum absolute atomic E-state index is 14.0. The largest absolute Gasteiger partial charge is 0.268 e. The Morgan fingerprint density at radius 2 is 1.33 bits per heavy atom. The van der Waals surface area contributed by atoms with Crippen molar-refractivity contribution in [3.05, 3.63) is 119 Å². The van der Waals surface area contributed by atoms with Gasteiger partial charge in [-0.05, 0) is 42.3 Å². The Bertz CT molecular complexity index is 1390. The summed E-state index contributed by atoms with van der Waals surface area (Å²) in [5, 5.41) is 1.03. The number of rotatable bonds is 3. The molecule has 2 heterocycles. The molecule has 3 heteroatoms. The molecule has 0 amide bonds. The van der Waals surface area contributed by atoms with Crippen LogP contribution in [0.3, 0.4) is 0 Å². The molecular weight excluding hydrogens is 368 g/mol. The average molecular weight is 388 g/mol. The van der Waals surface area contributed by atoms with Gasteiger partial charge in [0.05, 0.1) is 11.1 Å². The third-order valence-electron chi connectivity index (χ3n) is 5.33. The van der Waals surface area contributed by atoms with E-state index in [2.05, 4.69) is 30.1 Å². The zero-order valence-corrected chi connectivity index (χ0v) is 16.6. The highest BCUT2D eigenvalue weighted by molar-refractivity contribution is 6.03. The van der Waals surface area contributed by atoms with E-state index in [1.165, 1.54) is 0 Å². The van der Waals surface area contributed by atoms with E-state index in [0.717, 1.165) is 33.2 Å². The minimum atomic E-state index is -0.0740. The summed E-state index contributed by atoms with van der Waals surface area (Å²) in [6, 6.07) is 31.9. The van der Waals surface area contributed by atoms with Gasteiger partial charge in [-0.25, -0.2) is 4.98 Å². The fraction of sp³-hybridized carbons (Fsp3) is 0.0370. The zero-order valence-electron chi connectivity index (χ0n) is 16.6. The lowest BCUT2D eigenvalue weighted by atomic mass is 9.91. The van der Waals surface area contributed by atoms with Crippen molar-refractivity contribution in [2.24, 2.45) is 0 Å². The SMILES string of the molecule is Cc1ccc2c(c1)c(-c1ccccc1)c(-c1ccccc1)c(=O)n2-c1ccccn1. The second kappa shape index (κ2) is 7.45. The molecule has 0 aliphatic rings. The van der Waals surface area contributed by atoms with Crippen molar-refractivity contribution in [3.63, 3.8) is 0 Å². The third-order valence-corrected chi connectivity index (χ3v) is 5.33. The summed E-state index contributed by atoms with van der Waals surface area (Å²) in [4.78, 5) is 18.5. The van der Waals surface area contributed by atoms with Crippen molar-refractivity contribution in [1.82, 2.24) is 9.55 Å². The molecule has 0 atom stereocenters. The highest BCUT2D eigenvalue weighted by Gasteiger charge is 2.20. The summed E-state index contributed by atoms with van der Waals surface area (Å²) in [7, 11) is 0. The molecule has 0 unspecified atom stereocenters. The molecular formula is C27H20N2O. The zero-order chi connectivity index (χ0) is 20.5. The summed E-state index contributed by atoms with van der Waals surface area (Å²) in [6.45, 7) is 2.08. The van der Waals surface area contributed by atoms with Crippen LogP contribution in [0.15, 0.2) is 108 Å². The smallest absolute Gasteiger partial charge is 0.265 e. The predicted molar refractivity (Wildman–Crippen MR) is 123 cm³/mol. The summed E-state index contributed by atoms with van der Waals surface area (Å²) in [5.74, 6) is 0.619.